The Morgan fingerprint density at radius 2 is 1.75 bits per heavy atom. The molecule has 0 amide bonds. The molecule has 1 fully saturated rings. The molecule has 2 aromatic carbocycles. The lowest BCUT2D eigenvalue weighted by Crippen LogP contribution is -2.39. The van der Waals surface area contributed by atoms with Gasteiger partial charge in [-0.25, -0.2) is 0 Å². The highest BCUT2D eigenvalue weighted by Gasteiger charge is 2.37. The Balaban J connectivity index is 1.54. The molecular formula is C24H23ClF3N3O. The van der Waals surface area contributed by atoms with E-state index in [-0.39, 0.29) is 11.3 Å². The summed E-state index contributed by atoms with van der Waals surface area (Å²) < 4.78 is 41.3. The third kappa shape index (κ3) is 5.00. The molecule has 8 heteroatoms. The highest BCUT2D eigenvalue weighted by Crippen LogP contribution is 2.35. The van der Waals surface area contributed by atoms with Crippen LogP contribution in [0.25, 0.3) is 11.1 Å². The lowest BCUT2D eigenvalue weighted by molar-refractivity contribution is -0.274. The summed E-state index contributed by atoms with van der Waals surface area (Å²) in [5.74, 6) is -0.224. The summed E-state index contributed by atoms with van der Waals surface area (Å²) in [6, 6.07) is 15.7. The first-order valence-electron chi connectivity index (χ1n) is 10.2. The topological polar surface area (TPSA) is 28.6 Å². The fourth-order valence-electron chi connectivity index (χ4n) is 4.00. The van der Waals surface area contributed by atoms with Crippen LogP contribution in [0.1, 0.15) is 19.4 Å². The highest BCUT2D eigenvalue weighted by molar-refractivity contribution is 6.33. The predicted molar refractivity (Wildman–Crippen MR) is 120 cm³/mol. The van der Waals surface area contributed by atoms with Crippen LogP contribution in [0.4, 0.5) is 18.9 Å². The van der Waals surface area contributed by atoms with Crippen molar-refractivity contribution in [3.05, 3.63) is 77.6 Å². The number of nitrogens with zero attached hydrogens (tertiary/aromatic N) is 3. The smallest absolute Gasteiger partial charge is 0.406 e. The van der Waals surface area contributed by atoms with Crippen molar-refractivity contribution >= 4 is 17.3 Å². The van der Waals surface area contributed by atoms with Gasteiger partial charge < -0.3 is 9.64 Å². The van der Waals surface area contributed by atoms with Crippen LogP contribution in [0, 0.1) is 0 Å². The number of hydrogen-bond donors (Lipinski definition) is 0. The largest absolute Gasteiger partial charge is 0.573 e. The molecule has 168 valence electrons. The van der Waals surface area contributed by atoms with Gasteiger partial charge in [0.25, 0.3) is 0 Å². The van der Waals surface area contributed by atoms with E-state index in [2.05, 4.69) is 33.4 Å². The second-order valence-electron chi connectivity index (χ2n) is 8.40. The summed E-state index contributed by atoms with van der Waals surface area (Å²) >= 11 is 6.43. The van der Waals surface area contributed by atoms with Gasteiger partial charge in [0.05, 0.1) is 6.67 Å². The third-order valence-electron chi connectivity index (χ3n) is 5.65. The van der Waals surface area contributed by atoms with Gasteiger partial charge in [0.1, 0.15) is 5.75 Å². The van der Waals surface area contributed by atoms with Crippen molar-refractivity contribution in [2.24, 2.45) is 0 Å². The number of alkyl halides is 3. The molecule has 4 nitrogen and oxygen atoms in total. The first kappa shape index (κ1) is 22.4. The maximum atomic E-state index is 12.4. The average Bonchev–Trinajstić information content (AvgIpc) is 3.02. The molecule has 4 rings (SSSR count). The molecule has 32 heavy (non-hydrogen) atoms. The molecule has 2 heterocycles. The second-order valence-corrected chi connectivity index (χ2v) is 8.81. The van der Waals surface area contributed by atoms with Gasteiger partial charge in [-0.15, -0.1) is 13.2 Å². The van der Waals surface area contributed by atoms with E-state index in [9.17, 15) is 13.2 Å². The molecule has 1 aliphatic heterocycles. The van der Waals surface area contributed by atoms with E-state index in [1.165, 1.54) is 12.1 Å². The lowest BCUT2D eigenvalue weighted by atomic mass is 9.99. The number of halogens is 4. The number of benzene rings is 2. The monoisotopic (exact) mass is 461 g/mol. The van der Waals surface area contributed by atoms with Gasteiger partial charge in [0, 0.05) is 52.9 Å². The summed E-state index contributed by atoms with van der Waals surface area (Å²) in [6.45, 7) is 6.37. The number of pyridine rings is 1. The molecule has 1 aromatic heterocycles. The summed E-state index contributed by atoms with van der Waals surface area (Å²) in [5, 5.41) is 0.672. The number of ether oxygens (including phenoxy) is 1. The minimum Gasteiger partial charge on any atom is -0.406 e. The van der Waals surface area contributed by atoms with Gasteiger partial charge in [-0.3, -0.25) is 9.88 Å². The van der Waals surface area contributed by atoms with Crippen molar-refractivity contribution in [3.8, 4) is 16.9 Å². The Bertz CT molecular complexity index is 1090. The zero-order valence-electron chi connectivity index (χ0n) is 17.7. The quantitative estimate of drug-likeness (QED) is 0.442. The summed E-state index contributed by atoms with van der Waals surface area (Å²) in [6.07, 6.45) is -1.09. The van der Waals surface area contributed by atoms with Crippen molar-refractivity contribution in [1.82, 2.24) is 9.88 Å². The van der Waals surface area contributed by atoms with Gasteiger partial charge in [-0.1, -0.05) is 29.8 Å². The van der Waals surface area contributed by atoms with E-state index >= 15 is 0 Å². The van der Waals surface area contributed by atoms with E-state index in [1.807, 2.05) is 36.5 Å². The maximum absolute atomic E-state index is 12.4. The number of aromatic nitrogens is 1. The number of anilines is 1. The van der Waals surface area contributed by atoms with Crippen molar-refractivity contribution in [2.45, 2.75) is 32.3 Å². The molecule has 0 bridgehead atoms. The SMILES string of the molecule is CC1(C)CN(c2ccc(OC(F)(F)F)cc2)CN1Cc1ccncc1-c1ccccc1Cl. The van der Waals surface area contributed by atoms with E-state index in [1.54, 1.807) is 18.3 Å². The van der Waals surface area contributed by atoms with Gasteiger partial charge in [-0.05, 0) is 55.8 Å². The molecule has 0 saturated carbocycles. The first-order valence-corrected chi connectivity index (χ1v) is 10.5. The lowest BCUT2D eigenvalue weighted by Gasteiger charge is -2.30. The number of hydrogen-bond acceptors (Lipinski definition) is 4. The van der Waals surface area contributed by atoms with Crippen LogP contribution < -0.4 is 9.64 Å². The normalized spacial score (nSPS) is 16.4. The number of rotatable bonds is 5. The zero-order valence-corrected chi connectivity index (χ0v) is 18.5. The first-order chi connectivity index (χ1) is 15.1. The van der Waals surface area contributed by atoms with Crippen LogP contribution in [0.15, 0.2) is 67.0 Å². The molecular weight excluding hydrogens is 439 g/mol. The molecule has 1 aliphatic rings. The predicted octanol–water partition coefficient (Wildman–Crippen LogP) is 6.36. The molecule has 0 aliphatic carbocycles. The van der Waals surface area contributed by atoms with Gasteiger partial charge in [0.2, 0.25) is 0 Å². The van der Waals surface area contributed by atoms with Crippen LogP contribution in [-0.2, 0) is 6.54 Å². The molecule has 0 N–H and O–H groups in total. The van der Waals surface area contributed by atoms with Crippen LogP contribution in [-0.4, -0.2) is 35.0 Å². The Hall–Kier alpha value is -2.77. The Morgan fingerprint density at radius 1 is 1.03 bits per heavy atom. The molecule has 3 aromatic rings. The van der Waals surface area contributed by atoms with E-state index in [4.69, 9.17) is 11.6 Å². The minimum absolute atomic E-state index is 0.151. The Morgan fingerprint density at radius 3 is 2.44 bits per heavy atom. The maximum Gasteiger partial charge on any atom is 0.573 e. The molecule has 0 spiro atoms. The summed E-state index contributed by atoms with van der Waals surface area (Å²) in [4.78, 5) is 8.77. The summed E-state index contributed by atoms with van der Waals surface area (Å²) in [7, 11) is 0. The molecule has 0 radical (unpaired) electrons. The van der Waals surface area contributed by atoms with Crippen molar-refractivity contribution in [2.75, 3.05) is 18.1 Å². The van der Waals surface area contributed by atoms with E-state index < -0.39 is 6.36 Å². The average molecular weight is 462 g/mol. The van der Waals surface area contributed by atoms with Crippen LogP contribution in [0.5, 0.6) is 5.75 Å². The van der Waals surface area contributed by atoms with Crippen LogP contribution in [0.3, 0.4) is 0 Å². The van der Waals surface area contributed by atoms with E-state index in [0.717, 1.165) is 28.9 Å². The molecule has 1 saturated heterocycles. The van der Waals surface area contributed by atoms with Gasteiger partial charge in [-0.2, -0.15) is 0 Å². The van der Waals surface area contributed by atoms with Crippen molar-refractivity contribution in [3.63, 3.8) is 0 Å². The van der Waals surface area contributed by atoms with Crippen LogP contribution >= 0.6 is 11.6 Å². The fourth-order valence-corrected chi connectivity index (χ4v) is 4.24. The zero-order chi connectivity index (χ0) is 22.9. The van der Waals surface area contributed by atoms with Crippen molar-refractivity contribution < 1.29 is 17.9 Å². The minimum atomic E-state index is -4.70. The summed E-state index contributed by atoms with van der Waals surface area (Å²) in [5.41, 5.74) is 3.72. The fraction of sp³-hybridized carbons (Fsp3) is 0.292. The molecule has 0 atom stereocenters. The van der Waals surface area contributed by atoms with Gasteiger partial charge in [0.15, 0.2) is 0 Å². The highest BCUT2D eigenvalue weighted by atomic mass is 35.5. The second kappa shape index (κ2) is 8.64. The van der Waals surface area contributed by atoms with Crippen LogP contribution in [0.2, 0.25) is 5.02 Å². The van der Waals surface area contributed by atoms with Crippen molar-refractivity contribution in [1.29, 1.82) is 0 Å². The molecule has 0 unspecified atom stereocenters. The van der Waals surface area contributed by atoms with Gasteiger partial charge >= 0.3 is 6.36 Å². The standard InChI is InChI=1S/C24H23ClF3N3O/c1-23(2)15-30(18-7-9-19(10-8-18)32-24(26,27)28)16-31(23)14-17-11-12-29-13-21(17)20-5-3-4-6-22(20)25/h3-13H,14-16H2,1-2H3. The van der Waals surface area contributed by atoms with E-state index in [0.29, 0.717) is 18.2 Å². The Labute approximate surface area is 190 Å². The Kier molecular flexibility index (Phi) is 6.05. The third-order valence-corrected chi connectivity index (χ3v) is 5.98.